The molecule has 0 saturated heterocycles. The third-order valence-corrected chi connectivity index (χ3v) is 3.25. The fourth-order valence-corrected chi connectivity index (χ4v) is 2.21. The summed E-state index contributed by atoms with van der Waals surface area (Å²) in [6.45, 7) is 1.94. The SMILES string of the molecule is Cc1cc(O)ccc1Nc1nccc2cc(N)ccc12. The molecule has 3 aromatic rings. The van der Waals surface area contributed by atoms with Gasteiger partial charge in [0.2, 0.25) is 0 Å². The third kappa shape index (κ3) is 2.23. The lowest BCUT2D eigenvalue weighted by Gasteiger charge is -2.11. The first kappa shape index (κ1) is 12.3. The maximum Gasteiger partial charge on any atom is 0.138 e. The molecule has 4 heteroatoms. The lowest BCUT2D eigenvalue weighted by molar-refractivity contribution is 0.475. The first-order chi connectivity index (χ1) is 9.63. The van der Waals surface area contributed by atoms with Gasteiger partial charge in [-0.3, -0.25) is 0 Å². The fourth-order valence-electron chi connectivity index (χ4n) is 2.21. The van der Waals surface area contributed by atoms with Gasteiger partial charge in [0.1, 0.15) is 11.6 Å². The number of fused-ring (bicyclic) bond motifs is 1. The van der Waals surface area contributed by atoms with E-state index in [2.05, 4.69) is 10.3 Å². The van der Waals surface area contributed by atoms with E-state index in [0.29, 0.717) is 0 Å². The molecule has 4 N–H and O–H groups in total. The number of hydrogen-bond donors (Lipinski definition) is 3. The Kier molecular flexibility index (Phi) is 2.91. The van der Waals surface area contributed by atoms with E-state index in [-0.39, 0.29) is 5.75 Å². The summed E-state index contributed by atoms with van der Waals surface area (Å²) in [4.78, 5) is 4.38. The van der Waals surface area contributed by atoms with E-state index in [0.717, 1.165) is 33.5 Å². The number of phenolic OH excluding ortho intramolecular Hbond substituents is 1. The topological polar surface area (TPSA) is 71.2 Å². The summed E-state index contributed by atoms with van der Waals surface area (Å²) < 4.78 is 0. The van der Waals surface area contributed by atoms with Gasteiger partial charge in [-0.15, -0.1) is 0 Å². The van der Waals surface area contributed by atoms with Crippen LogP contribution in [-0.2, 0) is 0 Å². The maximum absolute atomic E-state index is 9.45. The Morgan fingerprint density at radius 1 is 1.10 bits per heavy atom. The second-order valence-corrected chi connectivity index (χ2v) is 4.76. The number of nitrogens with two attached hydrogens (primary N) is 1. The number of benzene rings is 2. The average Bonchev–Trinajstić information content (AvgIpc) is 2.41. The summed E-state index contributed by atoms with van der Waals surface area (Å²) in [5.41, 5.74) is 8.40. The Morgan fingerprint density at radius 3 is 2.75 bits per heavy atom. The van der Waals surface area contributed by atoms with Gasteiger partial charge in [-0.05, 0) is 60.3 Å². The molecule has 0 saturated carbocycles. The number of hydrogen-bond acceptors (Lipinski definition) is 4. The Balaban J connectivity index is 2.06. The summed E-state index contributed by atoms with van der Waals surface area (Å²) in [6.07, 6.45) is 1.75. The Morgan fingerprint density at radius 2 is 1.95 bits per heavy atom. The molecule has 0 aliphatic heterocycles. The maximum atomic E-state index is 9.45. The second-order valence-electron chi connectivity index (χ2n) is 4.76. The van der Waals surface area contributed by atoms with Crippen LogP contribution < -0.4 is 11.1 Å². The molecule has 1 heterocycles. The van der Waals surface area contributed by atoms with Gasteiger partial charge in [0.15, 0.2) is 0 Å². The lowest BCUT2D eigenvalue weighted by atomic mass is 10.1. The zero-order valence-corrected chi connectivity index (χ0v) is 11.1. The Labute approximate surface area is 116 Å². The molecule has 0 aliphatic carbocycles. The predicted molar refractivity (Wildman–Crippen MR) is 82.3 cm³/mol. The monoisotopic (exact) mass is 265 g/mol. The van der Waals surface area contributed by atoms with E-state index in [1.807, 2.05) is 37.3 Å². The molecular weight excluding hydrogens is 250 g/mol. The van der Waals surface area contributed by atoms with Crippen molar-refractivity contribution in [1.29, 1.82) is 0 Å². The Bertz CT molecular complexity index is 784. The quantitative estimate of drug-likeness (QED) is 0.489. The van der Waals surface area contributed by atoms with Crippen LogP contribution in [0.3, 0.4) is 0 Å². The number of anilines is 3. The van der Waals surface area contributed by atoms with Gasteiger partial charge in [0, 0.05) is 23.0 Å². The normalized spacial score (nSPS) is 10.7. The number of nitrogens with one attached hydrogen (secondary N) is 1. The smallest absolute Gasteiger partial charge is 0.138 e. The van der Waals surface area contributed by atoms with Crippen molar-refractivity contribution in [3.8, 4) is 5.75 Å². The first-order valence-electron chi connectivity index (χ1n) is 6.34. The summed E-state index contributed by atoms with van der Waals surface area (Å²) in [5, 5.41) is 14.8. The molecule has 0 bridgehead atoms. The highest BCUT2D eigenvalue weighted by Gasteiger charge is 2.05. The summed E-state index contributed by atoms with van der Waals surface area (Å²) in [6, 6.07) is 12.9. The molecular formula is C16H15N3O. The Hall–Kier alpha value is -2.75. The largest absolute Gasteiger partial charge is 0.508 e. The standard InChI is InChI=1S/C16H15N3O/c1-10-8-13(20)3-5-15(10)19-16-14-4-2-12(17)9-11(14)6-7-18-16/h2-9,20H,17H2,1H3,(H,18,19). The van der Waals surface area contributed by atoms with E-state index in [4.69, 9.17) is 5.73 Å². The van der Waals surface area contributed by atoms with Crippen molar-refractivity contribution in [3.05, 3.63) is 54.2 Å². The minimum absolute atomic E-state index is 0.256. The number of nitrogen functional groups attached to an aromatic ring is 1. The van der Waals surface area contributed by atoms with Gasteiger partial charge in [-0.1, -0.05) is 0 Å². The number of aromatic hydroxyl groups is 1. The molecule has 0 spiro atoms. The van der Waals surface area contributed by atoms with Crippen LogP contribution in [0.15, 0.2) is 48.7 Å². The third-order valence-electron chi connectivity index (χ3n) is 3.25. The predicted octanol–water partition coefficient (Wildman–Crippen LogP) is 3.57. The van der Waals surface area contributed by atoms with Crippen LogP contribution >= 0.6 is 0 Å². The zero-order valence-electron chi connectivity index (χ0n) is 11.1. The van der Waals surface area contributed by atoms with Crippen LogP contribution in [0.2, 0.25) is 0 Å². The van der Waals surface area contributed by atoms with Crippen molar-refractivity contribution >= 4 is 28.0 Å². The van der Waals surface area contributed by atoms with Crippen LogP contribution in [0.1, 0.15) is 5.56 Å². The minimum atomic E-state index is 0.256. The second kappa shape index (κ2) is 4.74. The molecule has 1 aromatic heterocycles. The lowest BCUT2D eigenvalue weighted by Crippen LogP contribution is -1.97. The molecule has 0 atom stereocenters. The molecule has 2 aromatic carbocycles. The molecule has 0 unspecified atom stereocenters. The fraction of sp³-hybridized carbons (Fsp3) is 0.0625. The molecule has 0 aliphatic rings. The highest BCUT2D eigenvalue weighted by atomic mass is 16.3. The van der Waals surface area contributed by atoms with Gasteiger partial charge in [0.05, 0.1) is 0 Å². The van der Waals surface area contributed by atoms with Crippen molar-refractivity contribution in [2.24, 2.45) is 0 Å². The molecule has 20 heavy (non-hydrogen) atoms. The van der Waals surface area contributed by atoms with Crippen molar-refractivity contribution in [1.82, 2.24) is 4.98 Å². The van der Waals surface area contributed by atoms with Crippen LogP contribution in [0.25, 0.3) is 10.8 Å². The number of phenols is 1. The van der Waals surface area contributed by atoms with Crippen molar-refractivity contribution in [2.45, 2.75) is 6.92 Å². The highest BCUT2D eigenvalue weighted by molar-refractivity contribution is 5.95. The summed E-state index contributed by atoms with van der Waals surface area (Å²) in [7, 11) is 0. The van der Waals surface area contributed by atoms with Gasteiger partial charge in [0.25, 0.3) is 0 Å². The van der Waals surface area contributed by atoms with E-state index in [1.54, 1.807) is 18.3 Å². The van der Waals surface area contributed by atoms with Crippen LogP contribution in [0.5, 0.6) is 5.75 Å². The number of nitrogens with zero attached hydrogens (tertiary/aromatic N) is 1. The van der Waals surface area contributed by atoms with E-state index in [1.165, 1.54) is 0 Å². The molecule has 100 valence electrons. The zero-order chi connectivity index (χ0) is 14.1. The van der Waals surface area contributed by atoms with Crippen molar-refractivity contribution < 1.29 is 5.11 Å². The van der Waals surface area contributed by atoms with Gasteiger partial charge in [-0.25, -0.2) is 4.98 Å². The summed E-state index contributed by atoms with van der Waals surface area (Å²) >= 11 is 0. The van der Waals surface area contributed by atoms with Crippen LogP contribution in [0, 0.1) is 6.92 Å². The number of aryl methyl sites for hydroxylation is 1. The van der Waals surface area contributed by atoms with E-state index < -0.39 is 0 Å². The van der Waals surface area contributed by atoms with Crippen molar-refractivity contribution in [2.75, 3.05) is 11.1 Å². The average molecular weight is 265 g/mol. The highest BCUT2D eigenvalue weighted by Crippen LogP contribution is 2.28. The van der Waals surface area contributed by atoms with Crippen LogP contribution in [-0.4, -0.2) is 10.1 Å². The number of pyridine rings is 1. The van der Waals surface area contributed by atoms with Crippen molar-refractivity contribution in [3.63, 3.8) is 0 Å². The first-order valence-corrected chi connectivity index (χ1v) is 6.34. The minimum Gasteiger partial charge on any atom is -0.508 e. The number of rotatable bonds is 2. The van der Waals surface area contributed by atoms with Gasteiger partial charge in [-0.2, -0.15) is 0 Å². The van der Waals surface area contributed by atoms with E-state index in [9.17, 15) is 5.11 Å². The molecule has 4 nitrogen and oxygen atoms in total. The molecule has 0 radical (unpaired) electrons. The molecule has 3 rings (SSSR count). The van der Waals surface area contributed by atoms with Gasteiger partial charge < -0.3 is 16.2 Å². The summed E-state index contributed by atoms with van der Waals surface area (Å²) in [5.74, 6) is 1.03. The van der Waals surface area contributed by atoms with Crippen LogP contribution in [0.4, 0.5) is 17.2 Å². The molecule has 0 fully saturated rings. The van der Waals surface area contributed by atoms with E-state index >= 15 is 0 Å². The molecule has 0 amide bonds. The van der Waals surface area contributed by atoms with Gasteiger partial charge >= 0.3 is 0 Å². The number of aromatic nitrogens is 1.